The van der Waals surface area contributed by atoms with Gasteiger partial charge < -0.3 is 10.6 Å². The van der Waals surface area contributed by atoms with Gasteiger partial charge in [0.15, 0.2) is 5.96 Å². The summed E-state index contributed by atoms with van der Waals surface area (Å²) < 4.78 is 0. The van der Waals surface area contributed by atoms with Crippen molar-refractivity contribution in [1.82, 2.24) is 10.6 Å². The molecule has 1 rings (SSSR count). The van der Waals surface area contributed by atoms with Crippen molar-refractivity contribution in [3.8, 4) is 0 Å². The van der Waals surface area contributed by atoms with Crippen LogP contribution in [0.15, 0.2) is 17.1 Å². The molecule has 0 radical (unpaired) electrons. The van der Waals surface area contributed by atoms with Crippen LogP contribution in [0.5, 0.6) is 0 Å². The van der Waals surface area contributed by atoms with Gasteiger partial charge in [0.05, 0.1) is 0 Å². The van der Waals surface area contributed by atoms with Crippen molar-refractivity contribution in [2.75, 3.05) is 14.1 Å². The highest BCUT2D eigenvalue weighted by molar-refractivity contribution is 7.11. The SMILES string of the molecule is CN=C(NC)NC(C)Cc1ccc(C)s1. The van der Waals surface area contributed by atoms with Gasteiger partial charge in [0.25, 0.3) is 0 Å². The smallest absolute Gasteiger partial charge is 0.190 e. The Morgan fingerprint density at radius 3 is 2.73 bits per heavy atom. The topological polar surface area (TPSA) is 36.4 Å². The minimum absolute atomic E-state index is 0.397. The lowest BCUT2D eigenvalue weighted by atomic mass is 10.2. The summed E-state index contributed by atoms with van der Waals surface area (Å²) in [7, 11) is 3.65. The normalized spacial score (nSPS) is 13.7. The molecule has 0 fully saturated rings. The molecule has 1 atom stereocenters. The number of hydrogen-bond acceptors (Lipinski definition) is 2. The number of guanidine groups is 1. The van der Waals surface area contributed by atoms with Crippen LogP contribution in [0.25, 0.3) is 0 Å². The fourth-order valence-electron chi connectivity index (χ4n) is 1.43. The van der Waals surface area contributed by atoms with Crippen LogP contribution in [0.4, 0.5) is 0 Å². The van der Waals surface area contributed by atoms with Gasteiger partial charge in [-0.3, -0.25) is 4.99 Å². The first-order chi connectivity index (χ1) is 7.15. The van der Waals surface area contributed by atoms with Crippen molar-refractivity contribution in [2.24, 2.45) is 4.99 Å². The zero-order valence-electron chi connectivity index (χ0n) is 9.79. The third-order valence-electron chi connectivity index (χ3n) is 2.15. The summed E-state index contributed by atoms with van der Waals surface area (Å²) in [6.45, 7) is 4.30. The second-order valence-electron chi connectivity index (χ2n) is 3.58. The Morgan fingerprint density at radius 2 is 2.27 bits per heavy atom. The van der Waals surface area contributed by atoms with E-state index in [1.807, 2.05) is 18.4 Å². The molecule has 0 spiro atoms. The number of hydrogen-bond donors (Lipinski definition) is 2. The molecule has 2 N–H and O–H groups in total. The molecule has 0 aliphatic heterocycles. The Kier molecular flexibility index (Phi) is 4.62. The number of nitrogens with one attached hydrogen (secondary N) is 2. The second-order valence-corrected chi connectivity index (χ2v) is 4.96. The maximum atomic E-state index is 4.09. The predicted octanol–water partition coefficient (Wildman–Crippen LogP) is 1.78. The molecular formula is C11H19N3S. The Hall–Kier alpha value is -1.03. The average molecular weight is 225 g/mol. The van der Waals surface area contributed by atoms with Crippen LogP contribution in [-0.2, 0) is 6.42 Å². The molecule has 84 valence electrons. The van der Waals surface area contributed by atoms with Crippen LogP contribution < -0.4 is 10.6 Å². The summed E-state index contributed by atoms with van der Waals surface area (Å²) >= 11 is 1.86. The van der Waals surface area contributed by atoms with Crippen LogP contribution in [-0.4, -0.2) is 26.1 Å². The highest BCUT2D eigenvalue weighted by atomic mass is 32.1. The summed E-state index contributed by atoms with van der Waals surface area (Å²) in [5, 5.41) is 6.34. The molecule has 1 heterocycles. The summed E-state index contributed by atoms with van der Waals surface area (Å²) in [4.78, 5) is 6.88. The molecule has 0 amide bonds. The minimum Gasteiger partial charge on any atom is -0.359 e. The van der Waals surface area contributed by atoms with E-state index in [1.54, 1.807) is 7.05 Å². The minimum atomic E-state index is 0.397. The molecule has 15 heavy (non-hydrogen) atoms. The van der Waals surface area contributed by atoms with Gasteiger partial charge in [0, 0.05) is 36.3 Å². The zero-order chi connectivity index (χ0) is 11.3. The summed E-state index contributed by atoms with van der Waals surface area (Å²) in [5.74, 6) is 0.843. The molecule has 0 bridgehead atoms. The van der Waals surface area contributed by atoms with Gasteiger partial charge in [0.2, 0.25) is 0 Å². The molecule has 4 heteroatoms. The van der Waals surface area contributed by atoms with Crippen molar-refractivity contribution < 1.29 is 0 Å². The van der Waals surface area contributed by atoms with Gasteiger partial charge >= 0.3 is 0 Å². The number of aryl methyl sites for hydroxylation is 1. The van der Waals surface area contributed by atoms with Crippen molar-refractivity contribution >= 4 is 17.3 Å². The highest BCUT2D eigenvalue weighted by Crippen LogP contribution is 2.16. The quantitative estimate of drug-likeness (QED) is 0.608. The van der Waals surface area contributed by atoms with Gasteiger partial charge in [0.1, 0.15) is 0 Å². The van der Waals surface area contributed by atoms with E-state index in [1.165, 1.54) is 9.75 Å². The van der Waals surface area contributed by atoms with Gasteiger partial charge in [-0.1, -0.05) is 0 Å². The van der Waals surface area contributed by atoms with Crippen LogP contribution in [0, 0.1) is 6.92 Å². The molecule has 1 aromatic rings. The van der Waals surface area contributed by atoms with E-state index < -0.39 is 0 Å². The molecule has 1 aromatic heterocycles. The first-order valence-electron chi connectivity index (χ1n) is 5.12. The number of thiophene rings is 1. The van der Waals surface area contributed by atoms with Gasteiger partial charge in [-0.05, 0) is 26.0 Å². The van der Waals surface area contributed by atoms with E-state index in [-0.39, 0.29) is 0 Å². The molecule has 0 aliphatic carbocycles. The second kappa shape index (κ2) is 5.75. The van der Waals surface area contributed by atoms with Gasteiger partial charge in [-0.15, -0.1) is 11.3 Å². The van der Waals surface area contributed by atoms with E-state index in [9.17, 15) is 0 Å². The highest BCUT2D eigenvalue weighted by Gasteiger charge is 2.06. The number of nitrogens with zero attached hydrogens (tertiary/aromatic N) is 1. The molecule has 3 nitrogen and oxygen atoms in total. The largest absolute Gasteiger partial charge is 0.359 e. The summed E-state index contributed by atoms with van der Waals surface area (Å²) in [6.07, 6.45) is 1.04. The van der Waals surface area contributed by atoms with Crippen molar-refractivity contribution in [2.45, 2.75) is 26.3 Å². The molecule has 0 saturated carbocycles. The van der Waals surface area contributed by atoms with Gasteiger partial charge in [-0.2, -0.15) is 0 Å². The Bertz CT molecular complexity index is 330. The van der Waals surface area contributed by atoms with Crippen LogP contribution >= 0.6 is 11.3 Å². The molecule has 0 aromatic carbocycles. The molecular weight excluding hydrogens is 206 g/mol. The Morgan fingerprint density at radius 1 is 1.53 bits per heavy atom. The lowest BCUT2D eigenvalue weighted by molar-refractivity contribution is 0.653. The van der Waals surface area contributed by atoms with E-state index >= 15 is 0 Å². The zero-order valence-corrected chi connectivity index (χ0v) is 10.6. The van der Waals surface area contributed by atoms with E-state index in [0.29, 0.717) is 6.04 Å². The Balaban J connectivity index is 2.45. The van der Waals surface area contributed by atoms with Crippen molar-refractivity contribution in [3.63, 3.8) is 0 Å². The first kappa shape index (κ1) is 12.0. The monoisotopic (exact) mass is 225 g/mol. The molecule has 1 unspecified atom stereocenters. The van der Waals surface area contributed by atoms with Crippen LogP contribution in [0.3, 0.4) is 0 Å². The molecule has 0 aliphatic rings. The third kappa shape index (κ3) is 3.91. The fraction of sp³-hybridized carbons (Fsp3) is 0.545. The maximum Gasteiger partial charge on any atom is 0.190 e. The summed E-state index contributed by atoms with van der Waals surface area (Å²) in [6, 6.07) is 4.76. The van der Waals surface area contributed by atoms with Crippen molar-refractivity contribution in [3.05, 3.63) is 21.9 Å². The van der Waals surface area contributed by atoms with E-state index in [0.717, 1.165) is 12.4 Å². The molecule has 0 saturated heterocycles. The summed E-state index contributed by atoms with van der Waals surface area (Å²) in [5.41, 5.74) is 0. The first-order valence-corrected chi connectivity index (χ1v) is 5.93. The van der Waals surface area contributed by atoms with Crippen LogP contribution in [0.2, 0.25) is 0 Å². The standard InChI is InChI=1S/C11H19N3S/c1-8(14-11(12-3)13-4)7-10-6-5-9(2)15-10/h5-6,8H,7H2,1-4H3,(H2,12,13,14). The van der Waals surface area contributed by atoms with E-state index in [2.05, 4.69) is 41.6 Å². The maximum absolute atomic E-state index is 4.09. The van der Waals surface area contributed by atoms with Gasteiger partial charge in [-0.25, -0.2) is 0 Å². The third-order valence-corrected chi connectivity index (χ3v) is 3.17. The van der Waals surface area contributed by atoms with Crippen molar-refractivity contribution in [1.29, 1.82) is 0 Å². The lowest BCUT2D eigenvalue weighted by Gasteiger charge is -2.15. The van der Waals surface area contributed by atoms with Crippen LogP contribution in [0.1, 0.15) is 16.7 Å². The van der Waals surface area contributed by atoms with E-state index in [4.69, 9.17) is 0 Å². The lowest BCUT2D eigenvalue weighted by Crippen LogP contribution is -2.41. The average Bonchev–Trinajstić information content (AvgIpc) is 2.60. The fourth-order valence-corrected chi connectivity index (χ4v) is 2.45. The predicted molar refractivity (Wildman–Crippen MR) is 67.8 cm³/mol. The number of aliphatic imine (C=N–C) groups is 1. The Labute approximate surface area is 95.6 Å². The number of rotatable bonds is 3.